The van der Waals surface area contributed by atoms with Crippen LogP contribution in [0, 0.1) is 0 Å². The van der Waals surface area contributed by atoms with Crippen LogP contribution in [0.15, 0.2) is 73.1 Å². The fourth-order valence-corrected chi connectivity index (χ4v) is 4.99. The topological polar surface area (TPSA) is 84.0 Å². The Bertz CT molecular complexity index is 1410. The number of nitrogens with one attached hydrogen (secondary N) is 2. The molecule has 2 amide bonds. The molecule has 0 bridgehead atoms. The van der Waals surface area contributed by atoms with Gasteiger partial charge in [0.05, 0.1) is 5.41 Å². The number of carbonyl (C=O) groups excluding carboxylic acids is 2. The Balaban J connectivity index is 1.24. The van der Waals surface area contributed by atoms with E-state index in [1.807, 2.05) is 42.5 Å². The van der Waals surface area contributed by atoms with E-state index < -0.39 is 5.41 Å². The maximum absolute atomic E-state index is 12.9. The van der Waals surface area contributed by atoms with Crippen LogP contribution < -0.4 is 10.6 Å². The molecule has 0 fully saturated rings. The number of fused-ring (bicyclic) bond motifs is 4. The molecule has 6 rings (SSSR count). The first kappa shape index (κ1) is 18.7. The predicted octanol–water partition coefficient (Wildman–Crippen LogP) is 3.55. The number of carbonyl (C=O) groups is 2. The minimum absolute atomic E-state index is 0.0376. The number of amides is 2. The van der Waals surface area contributed by atoms with Gasteiger partial charge < -0.3 is 10.6 Å². The molecular weight excluding hydrogens is 400 g/mol. The molecule has 0 radical (unpaired) electrons. The van der Waals surface area contributed by atoms with Crippen LogP contribution in [0.25, 0.3) is 10.8 Å². The zero-order valence-corrected chi connectivity index (χ0v) is 17.3. The van der Waals surface area contributed by atoms with Crippen LogP contribution in [-0.2, 0) is 29.6 Å². The molecule has 1 aliphatic heterocycles. The summed E-state index contributed by atoms with van der Waals surface area (Å²) < 4.78 is 0. The summed E-state index contributed by atoms with van der Waals surface area (Å²) >= 11 is 0. The minimum Gasteiger partial charge on any atom is -0.347 e. The highest BCUT2D eigenvalue weighted by Crippen LogP contribution is 2.46. The van der Waals surface area contributed by atoms with E-state index in [4.69, 9.17) is 0 Å². The molecule has 2 aromatic carbocycles. The van der Waals surface area contributed by atoms with Crippen LogP contribution in [0.2, 0.25) is 0 Å². The molecule has 6 heteroatoms. The molecule has 2 aromatic heterocycles. The fraction of sp³-hybridized carbons (Fsp3) is 0.154. The Morgan fingerprint density at radius 2 is 1.84 bits per heavy atom. The van der Waals surface area contributed by atoms with Gasteiger partial charge in [-0.3, -0.25) is 14.6 Å². The number of aromatic nitrogens is 2. The van der Waals surface area contributed by atoms with Gasteiger partial charge in [0.25, 0.3) is 5.91 Å². The quantitative estimate of drug-likeness (QED) is 0.531. The molecule has 2 aliphatic rings. The molecular formula is C26H20N4O2. The monoisotopic (exact) mass is 420 g/mol. The van der Waals surface area contributed by atoms with Crippen molar-refractivity contribution in [1.29, 1.82) is 0 Å². The fourth-order valence-electron chi connectivity index (χ4n) is 4.99. The van der Waals surface area contributed by atoms with Crippen molar-refractivity contribution in [3.63, 3.8) is 0 Å². The highest BCUT2D eigenvalue weighted by molar-refractivity contribution is 6.06. The Morgan fingerprint density at radius 3 is 2.78 bits per heavy atom. The first-order chi connectivity index (χ1) is 15.6. The van der Waals surface area contributed by atoms with Crippen molar-refractivity contribution in [2.75, 3.05) is 5.32 Å². The standard InChI is InChI=1S/C26H20N4O2/c31-24(29-14-17-7-3-6-16-5-1-2-8-20(16)17)22-11-18-12-26(13-19(18)15-28-22)21-9-4-10-27-23(21)30-25(26)32/h1-11,15H,12-14H2,(H,29,31)(H,27,30,32). The highest BCUT2D eigenvalue weighted by atomic mass is 16.2. The second-order valence-corrected chi connectivity index (χ2v) is 8.45. The number of hydrogen-bond donors (Lipinski definition) is 2. The highest BCUT2D eigenvalue weighted by Gasteiger charge is 2.51. The second kappa shape index (κ2) is 6.99. The van der Waals surface area contributed by atoms with Crippen molar-refractivity contribution >= 4 is 28.4 Å². The van der Waals surface area contributed by atoms with Crippen LogP contribution >= 0.6 is 0 Å². The maximum Gasteiger partial charge on any atom is 0.270 e. The van der Waals surface area contributed by atoms with Gasteiger partial charge in [0, 0.05) is 24.5 Å². The van der Waals surface area contributed by atoms with E-state index in [1.54, 1.807) is 12.4 Å². The number of rotatable bonds is 3. The van der Waals surface area contributed by atoms with Gasteiger partial charge in [0.1, 0.15) is 11.5 Å². The normalized spacial score (nSPS) is 18.4. The minimum atomic E-state index is -0.661. The summed E-state index contributed by atoms with van der Waals surface area (Å²) in [6, 6.07) is 19.8. The third-order valence-electron chi connectivity index (χ3n) is 6.61. The SMILES string of the molecule is O=C(NCc1cccc2ccccc12)c1cc2c(cn1)CC1(C2)C(=O)Nc2ncccc21. The average molecular weight is 420 g/mol. The van der Waals surface area contributed by atoms with Gasteiger partial charge in [0.15, 0.2) is 0 Å². The van der Waals surface area contributed by atoms with Crippen molar-refractivity contribution < 1.29 is 9.59 Å². The average Bonchev–Trinajstić information content (AvgIpc) is 3.34. The van der Waals surface area contributed by atoms with E-state index in [2.05, 4.69) is 38.8 Å². The predicted molar refractivity (Wildman–Crippen MR) is 121 cm³/mol. The van der Waals surface area contributed by atoms with Crippen LogP contribution in [-0.4, -0.2) is 21.8 Å². The number of hydrogen-bond acceptors (Lipinski definition) is 4. The Hall–Kier alpha value is -4.06. The summed E-state index contributed by atoms with van der Waals surface area (Å²) in [5, 5.41) is 8.17. The molecule has 1 atom stereocenters. The lowest BCUT2D eigenvalue weighted by molar-refractivity contribution is -0.120. The summed E-state index contributed by atoms with van der Waals surface area (Å²) in [5.41, 5.74) is 3.67. The van der Waals surface area contributed by atoms with Crippen LogP contribution in [0.5, 0.6) is 0 Å². The van der Waals surface area contributed by atoms with Crippen LogP contribution in [0.1, 0.15) is 32.7 Å². The number of benzene rings is 2. The molecule has 6 nitrogen and oxygen atoms in total. The Morgan fingerprint density at radius 1 is 1.00 bits per heavy atom. The lowest BCUT2D eigenvalue weighted by Gasteiger charge is -2.20. The molecule has 3 heterocycles. The van der Waals surface area contributed by atoms with E-state index in [0.29, 0.717) is 30.9 Å². The summed E-state index contributed by atoms with van der Waals surface area (Å²) in [6.45, 7) is 0.421. The number of pyridine rings is 2. The van der Waals surface area contributed by atoms with Gasteiger partial charge >= 0.3 is 0 Å². The van der Waals surface area contributed by atoms with Crippen molar-refractivity contribution in [3.8, 4) is 0 Å². The lowest BCUT2D eigenvalue weighted by atomic mass is 9.79. The van der Waals surface area contributed by atoms with Gasteiger partial charge in [-0.05, 0) is 52.4 Å². The van der Waals surface area contributed by atoms with E-state index in [9.17, 15) is 9.59 Å². The third-order valence-corrected chi connectivity index (χ3v) is 6.61. The summed E-state index contributed by atoms with van der Waals surface area (Å²) in [6.07, 6.45) is 4.52. The first-order valence-corrected chi connectivity index (χ1v) is 10.6. The van der Waals surface area contributed by atoms with E-state index in [1.165, 1.54) is 0 Å². The van der Waals surface area contributed by atoms with Gasteiger partial charge in [-0.1, -0.05) is 48.5 Å². The maximum atomic E-state index is 12.9. The molecule has 4 aromatic rings. The molecule has 156 valence electrons. The molecule has 1 unspecified atom stereocenters. The van der Waals surface area contributed by atoms with E-state index in [0.717, 1.165) is 33.0 Å². The second-order valence-electron chi connectivity index (χ2n) is 8.45. The van der Waals surface area contributed by atoms with Crippen LogP contribution in [0.3, 0.4) is 0 Å². The summed E-state index contributed by atoms with van der Waals surface area (Å²) in [4.78, 5) is 34.4. The number of nitrogens with zero attached hydrogens (tertiary/aromatic N) is 2. The largest absolute Gasteiger partial charge is 0.347 e. The van der Waals surface area contributed by atoms with Gasteiger partial charge in [0.2, 0.25) is 5.91 Å². The first-order valence-electron chi connectivity index (χ1n) is 10.6. The molecule has 1 spiro atoms. The van der Waals surface area contributed by atoms with E-state index in [-0.39, 0.29) is 11.8 Å². The van der Waals surface area contributed by atoms with Gasteiger partial charge in [-0.25, -0.2) is 4.98 Å². The molecule has 1 aliphatic carbocycles. The Kier molecular flexibility index (Phi) is 4.08. The molecule has 0 saturated carbocycles. The Labute approximate surface area is 184 Å². The smallest absolute Gasteiger partial charge is 0.270 e. The van der Waals surface area contributed by atoms with Crippen molar-refractivity contribution in [1.82, 2.24) is 15.3 Å². The van der Waals surface area contributed by atoms with Gasteiger partial charge in [-0.2, -0.15) is 0 Å². The zero-order chi connectivity index (χ0) is 21.7. The number of anilines is 1. The summed E-state index contributed by atoms with van der Waals surface area (Å²) in [7, 11) is 0. The summed E-state index contributed by atoms with van der Waals surface area (Å²) in [5.74, 6) is 0.371. The molecule has 2 N–H and O–H groups in total. The van der Waals surface area contributed by atoms with Gasteiger partial charge in [-0.15, -0.1) is 0 Å². The molecule has 32 heavy (non-hydrogen) atoms. The van der Waals surface area contributed by atoms with Crippen molar-refractivity contribution in [2.24, 2.45) is 0 Å². The van der Waals surface area contributed by atoms with Crippen molar-refractivity contribution in [2.45, 2.75) is 24.8 Å². The van der Waals surface area contributed by atoms with Crippen molar-refractivity contribution in [3.05, 3.63) is 101 Å². The lowest BCUT2D eigenvalue weighted by Crippen LogP contribution is -2.35. The molecule has 0 saturated heterocycles. The van der Waals surface area contributed by atoms with E-state index >= 15 is 0 Å². The third kappa shape index (κ3) is 2.80. The zero-order valence-electron chi connectivity index (χ0n) is 17.3. The van der Waals surface area contributed by atoms with Crippen LogP contribution in [0.4, 0.5) is 5.82 Å².